The van der Waals surface area contributed by atoms with Gasteiger partial charge in [-0.3, -0.25) is 14.6 Å². The third-order valence-corrected chi connectivity index (χ3v) is 4.82. The average molecular weight is 380 g/mol. The zero-order valence-electron chi connectivity index (χ0n) is 15.6. The predicted molar refractivity (Wildman–Crippen MR) is 109 cm³/mol. The van der Waals surface area contributed by atoms with E-state index in [0.29, 0.717) is 22.4 Å². The number of pyridine rings is 1. The molecular weight excluding hydrogens is 364 g/mol. The Hall–Kier alpha value is -4.04. The molecule has 5 heteroatoms. The van der Waals surface area contributed by atoms with E-state index in [2.05, 4.69) is 11.1 Å². The van der Waals surface area contributed by atoms with Crippen LogP contribution < -0.4 is 0 Å². The van der Waals surface area contributed by atoms with Crippen LogP contribution >= 0.6 is 0 Å². The van der Waals surface area contributed by atoms with Gasteiger partial charge in [0.05, 0.1) is 17.3 Å². The van der Waals surface area contributed by atoms with E-state index >= 15 is 0 Å². The quantitative estimate of drug-likeness (QED) is 0.491. The van der Waals surface area contributed by atoms with Crippen LogP contribution in [0.3, 0.4) is 0 Å². The number of hydrogen-bond acceptors (Lipinski definition) is 5. The molecule has 1 atom stereocenters. The van der Waals surface area contributed by atoms with E-state index < -0.39 is 12.1 Å². The van der Waals surface area contributed by atoms with Crippen molar-refractivity contribution < 1.29 is 14.3 Å². The first-order valence-corrected chi connectivity index (χ1v) is 9.04. The van der Waals surface area contributed by atoms with Crippen LogP contribution in [-0.4, -0.2) is 17.2 Å². The number of benzene rings is 2. The van der Waals surface area contributed by atoms with Gasteiger partial charge in [-0.2, -0.15) is 5.26 Å². The van der Waals surface area contributed by atoms with E-state index in [1.807, 2.05) is 36.4 Å². The number of aldehydes is 1. The van der Waals surface area contributed by atoms with E-state index in [1.165, 1.54) is 6.92 Å². The van der Waals surface area contributed by atoms with Crippen molar-refractivity contribution in [3.05, 3.63) is 88.2 Å². The SMILES string of the molecule is CC(=O)OC1c2cc(-c3cccc(C=O)c3)cnc2C=Cc2c(C#N)cccc21. The topological polar surface area (TPSA) is 80.1 Å². The van der Waals surface area contributed by atoms with Crippen LogP contribution in [-0.2, 0) is 9.53 Å². The first-order chi connectivity index (χ1) is 14.1. The van der Waals surface area contributed by atoms with Gasteiger partial charge in [0.15, 0.2) is 6.10 Å². The van der Waals surface area contributed by atoms with E-state index in [0.717, 1.165) is 28.5 Å². The molecule has 140 valence electrons. The molecule has 0 saturated heterocycles. The second-order valence-electron chi connectivity index (χ2n) is 6.68. The van der Waals surface area contributed by atoms with Crippen molar-refractivity contribution >= 4 is 24.4 Å². The van der Waals surface area contributed by atoms with Gasteiger partial charge < -0.3 is 4.74 Å². The van der Waals surface area contributed by atoms with Crippen LogP contribution in [0.25, 0.3) is 23.3 Å². The summed E-state index contributed by atoms with van der Waals surface area (Å²) in [5, 5.41) is 9.48. The third-order valence-electron chi connectivity index (χ3n) is 4.82. The van der Waals surface area contributed by atoms with Gasteiger partial charge in [0.2, 0.25) is 0 Å². The fourth-order valence-corrected chi connectivity index (χ4v) is 3.51. The van der Waals surface area contributed by atoms with Crippen LogP contribution in [0.2, 0.25) is 0 Å². The van der Waals surface area contributed by atoms with Crippen LogP contribution in [0.1, 0.15) is 51.3 Å². The Balaban J connectivity index is 1.92. The number of esters is 1. The fraction of sp³-hybridized carbons (Fsp3) is 0.0833. The average Bonchev–Trinajstić information content (AvgIpc) is 2.90. The molecule has 3 aromatic rings. The molecule has 29 heavy (non-hydrogen) atoms. The maximum atomic E-state index is 11.9. The van der Waals surface area contributed by atoms with Crippen LogP contribution in [0.5, 0.6) is 0 Å². The highest BCUT2D eigenvalue weighted by Crippen LogP contribution is 2.37. The van der Waals surface area contributed by atoms with Crippen LogP contribution in [0.4, 0.5) is 0 Å². The molecule has 0 aliphatic heterocycles. The second-order valence-corrected chi connectivity index (χ2v) is 6.68. The molecule has 1 aliphatic carbocycles. The normalized spacial score (nSPS) is 14.1. The Morgan fingerprint density at radius 2 is 1.93 bits per heavy atom. The van der Waals surface area contributed by atoms with Gasteiger partial charge in [0.25, 0.3) is 0 Å². The minimum absolute atomic E-state index is 0.426. The number of carbonyl (C=O) groups excluding carboxylic acids is 2. The van der Waals surface area contributed by atoms with Gasteiger partial charge in [0, 0.05) is 35.4 Å². The molecule has 1 heterocycles. The molecule has 0 amide bonds. The van der Waals surface area contributed by atoms with Gasteiger partial charge in [0.1, 0.15) is 6.29 Å². The Bertz CT molecular complexity index is 1200. The minimum atomic E-state index is -0.692. The third kappa shape index (κ3) is 3.44. The number of fused-ring (bicyclic) bond motifs is 2. The summed E-state index contributed by atoms with van der Waals surface area (Å²) in [5.41, 5.74) is 5.54. The number of rotatable bonds is 3. The van der Waals surface area contributed by atoms with E-state index in [-0.39, 0.29) is 0 Å². The van der Waals surface area contributed by atoms with E-state index in [9.17, 15) is 14.9 Å². The van der Waals surface area contributed by atoms with Crippen molar-refractivity contribution in [3.63, 3.8) is 0 Å². The van der Waals surface area contributed by atoms with Gasteiger partial charge in [-0.1, -0.05) is 36.4 Å². The second kappa shape index (κ2) is 7.53. The summed E-state index contributed by atoms with van der Waals surface area (Å²) in [7, 11) is 0. The molecule has 0 bridgehead atoms. The van der Waals surface area contributed by atoms with Crippen LogP contribution in [0, 0.1) is 11.3 Å². The highest BCUT2D eigenvalue weighted by molar-refractivity contribution is 5.81. The van der Waals surface area contributed by atoms with Crippen LogP contribution in [0.15, 0.2) is 54.7 Å². The molecule has 1 aliphatic rings. The summed E-state index contributed by atoms with van der Waals surface area (Å²) in [6.07, 6.45) is 5.48. The van der Waals surface area contributed by atoms with Gasteiger partial charge >= 0.3 is 5.97 Å². The molecule has 0 spiro atoms. The minimum Gasteiger partial charge on any atom is -0.453 e. The maximum absolute atomic E-state index is 11.9. The Labute approximate surface area is 167 Å². The lowest BCUT2D eigenvalue weighted by Gasteiger charge is -2.21. The molecule has 0 saturated carbocycles. The van der Waals surface area contributed by atoms with E-state index in [1.54, 1.807) is 30.5 Å². The monoisotopic (exact) mass is 380 g/mol. The number of hydrogen-bond donors (Lipinski definition) is 0. The van der Waals surface area contributed by atoms with Gasteiger partial charge in [-0.25, -0.2) is 0 Å². The number of carbonyl (C=O) groups is 2. The molecule has 0 radical (unpaired) electrons. The lowest BCUT2D eigenvalue weighted by Crippen LogP contribution is -2.13. The fourth-order valence-electron chi connectivity index (χ4n) is 3.51. The predicted octanol–water partition coefficient (Wildman–Crippen LogP) is 4.57. The summed E-state index contributed by atoms with van der Waals surface area (Å²) in [5.74, 6) is -0.426. The summed E-state index contributed by atoms with van der Waals surface area (Å²) in [6, 6.07) is 16.7. The largest absolute Gasteiger partial charge is 0.453 e. The molecule has 2 aromatic carbocycles. The van der Waals surface area contributed by atoms with Crippen molar-refractivity contribution in [3.8, 4) is 17.2 Å². The lowest BCUT2D eigenvalue weighted by atomic mass is 9.93. The number of nitriles is 1. The highest BCUT2D eigenvalue weighted by Gasteiger charge is 2.26. The maximum Gasteiger partial charge on any atom is 0.303 e. The van der Waals surface area contributed by atoms with Crippen molar-refractivity contribution in [1.29, 1.82) is 5.26 Å². The lowest BCUT2D eigenvalue weighted by molar-refractivity contribution is -0.144. The molecule has 1 aromatic heterocycles. The highest BCUT2D eigenvalue weighted by atomic mass is 16.5. The Kier molecular flexibility index (Phi) is 4.76. The summed E-state index contributed by atoms with van der Waals surface area (Å²) in [4.78, 5) is 27.6. The first kappa shape index (κ1) is 18.3. The Morgan fingerprint density at radius 1 is 1.10 bits per heavy atom. The summed E-state index contributed by atoms with van der Waals surface area (Å²) < 4.78 is 5.67. The standard InChI is InChI=1S/C24H16N2O3/c1-15(28)29-24-21-7-3-6-18(12-25)20(21)8-9-23-22(24)11-19(13-26-23)17-5-2-4-16(10-17)14-27/h2-11,13-14,24H,1H3. The zero-order chi connectivity index (χ0) is 20.4. The molecule has 0 fully saturated rings. The van der Waals surface area contributed by atoms with Gasteiger partial charge in [-0.05, 0) is 35.4 Å². The molecule has 0 N–H and O–H groups in total. The first-order valence-electron chi connectivity index (χ1n) is 9.04. The number of nitrogens with zero attached hydrogens (tertiary/aromatic N) is 2. The molecule has 1 unspecified atom stereocenters. The smallest absolute Gasteiger partial charge is 0.303 e. The molecular formula is C24H16N2O3. The van der Waals surface area contributed by atoms with Crippen molar-refractivity contribution in [1.82, 2.24) is 4.98 Å². The van der Waals surface area contributed by atoms with Crippen molar-refractivity contribution in [2.45, 2.75) is 13.0 Å². The van der Waals surface area contributed by atoms with E-state index in [4.69, 9.17) is 4.74 Å². The zero-order valence-corrected chi connectivity index (χ0v) is 15.6. The molecule has 4 rings (SSSR count). The summed E-state index contributed by atoms with van der Waals surface area (Å²) in [6.45, 7) is 1.36. The summed E-state index contributed by atoms with van der Waals surface area (Å²) >= 11 is 0. The number of aromatic nitrogens is 1. The Morgan fingerprint density at radius 3 is 2.69 bits per heavy atom. The number of ether oxygens (including phenoxy) is 1. The van der Waals surface area contributed by atoms with Crippen molar-refractivity contribution in [2.24, 2.45) is 0 Å². The van der Waals surface area contributed by atoms with Crippen molar-refractivity contribution in [2.75, 3.05) is 0 Å². The molecule has 5 nitrogen and oxygen atoms in total. The van der Waals surface area contributed by atoms with Gasteiger partial charge in [-0.15, -0.1) is 0 Å².